The van der Waals surface area contributed by atoms with E-state index in [-0.39, 0.29) is 29.7 Å². The number of hydrogen-bond donors (Lipinski definition) is 2. The first-order chi connectivity index (χ1) is 14.2. The van der Waals surface area contributed by atoms with E-state index in [1.54, 1.807) is 11.0 Å². The van der Waals surface area contributed by atoms with Crippen molar-refractivity contribution in [1.29, 1.82) is 0 Å². The molecule has 0 bridgehead atoms. The number of nitrogens with one attached hydrogen (secondary N) is 2. The molecule has 0 saturated carbocycles. The standard InChI is InChI=1S/C21H24ClN3O4S/c1-3-10-23-30(28,29)18-8-5-16(6-9-18)24-21(27)15-11-20(26)25(13-15)17-7-4-14(2)19(22)12-17/h4-9,12,15,23H,3,10-11,13H2,1-2H3,(H,24,27)/t15-/m1/s1. The van der Waals surface area contributed by atoms with Crippen LogP contribution >= 0.6 is 11.6 Å². The molecule has 2 amide bonds. The van der Waals surface area contributed by atoms with Crippen LogP contribution in [0.3, 0.4) is 0 Å². The number of rotatable bonds is 7. The molecule has 0 radical (unpaired) electrons. The number of carbonyl (C=O) groups excluding carboxylic acids is 2. The third-order valence-corrected chi connectivity index (χ3v) is 6.82. The van der Waals surface area contributed by atoms with Gasteiger partial charge in [0.2, 0.25) is 21.8 Å². The molecule has 2 aromatic carbocycles. The van der Waals surface area contributed by atoms with Gasteiger partial charge < -0.3 is 10.2 Å². The highest BCUT2D eigenvalue weighted by Gasteiger charge is 2.35. The van der Waals surface area contributed by atoms with Crippen LogP contribution in [-0.2, 0) is 19.6 Å². The largest absolute Gasteiger partial charge is 0.326 e. The van der Waals surface area contributed by atoms with Crippen molar-refractivity contribution in [3.8, 4) is 0 Å². The van der Waals surface area contributed by atoms with Crippen LogP contribution in [0.4, 0.5) is 11.4 Å². The van der Waals surface area contributed by atoms with E-state index in [0.29, 0.717) is 29.4 Å². The van der Waals surface area contributed by atoms with Gasteiger partial charge in [0, 0.05) is 35.9 Å². The van der Waals surface area contributed by atoms with Crippen molar-refractivity contribution < 1.29 is 18.0 Å². The minimum atomic E-state index is -3.56. The second kappa shape index (κ2) is 9.16. The summed E-state index contributed by atoms with van der Waals surface area (Å²) in [4.78, 5) is 26.7. The van der Waals surface area contributed by atoms with Gasteiger partial charge in [-0.3, -0.25) is 9.59 Å². The van der Waals surface area contributed by atoms with Gasteiger partial charge >= 0.3 is 0 Å². The van der Waals surface area contributed by atoms with Gasteiger partial charge in [-0.15, -0.1) is 0 Å². The monoisotopic (exact) mass is 449 g/mol. The summed E-state index contributed by atoms with van der Waals surface area (Å²) in [5.41, 5.74) is 2.05. The Morgan fingerprint density at radius 2 is 1.90 bits per heavy atom. The van der Waals surface area contributed by atoms with Crippen LogP contribution in [-0.4, -0.2) is 33.3 Å². The lowest BCUT2D eigenvalue weighted by atomic mass is 10.1. The van der Waals surface area contributed by atoms with Crippen LogP contribution < -0.4 is 14.9 Å². The predicted molar refractivity (Wildman–Crippen MR) is 117 cm³/mol. The molecule has 2 N–H and O–H groups in total. The average molecular weight is 450 g/mol. The van der Waals surface area contributed by atoms with Gasteiger partial charge in [-0.1, -0.05) is 24.6 Å². The molecular formula is C21H24ClN3O4S. The Morgan fingerprint density at radius 3 is 2.53 bits per heavy atom. The van der Waals surface area contributed by atoms with Crippen LogP contribution in [0.5, 0.6) is 0 Å². The molecule has 30 heavy (non-hydrogen) atoms. The van der Waals surface area contributed by atoms with E-state index in [1.807, 2.05) is 26.0 Å². The first-order valence-electron chi connectivity index (χ1n) is 9.68. The fourth-order valence-corrected chi connectivity index (χ4v) is 4.47. The normalized spacial score (nSPS) is 16.7. The summed E-state index contributed by atoms with van der Waals surface area (Å²) in [6.07, 6.45) is 0.796. The Hall–Kier alpha value is -2.42. The highest BCUT2D eigenvalue weighted by molar-refractivity contribution is 7.89. The summed E-state index contributed by atoms with van der Waals surface area (Å²) in [5, 5.41) is 3.33. The molecule has 1 aliphatic rings. The van der Waals surface area contributed by atoms with E-state index < -0.39 is 15.9 Å². The van der Waals surface area contributed by atoms with Crippen LogP contribution in [0, 0.1) is 12.8 Å². The van der Waals surface area contributed by atoms with Gasteiger partial charge in [0.05, 0.1) is 10.8 Å². The number of carbonyl (C=O) groups is 2. The molecule has 160 valence electrons. The van der Waals surface area contributed by atoms with Crippen molar-refractivity contribution >= 4 is 44.8 Å². The maximum atomic E-state index is 12.6. The van der Waals surface area contributed by atoms with E-state index in [1.165, 1.54) is 24.3 Å². The van der Waals surface area contributed by atoms with Gasteiger partial charge in [0.25, 0.3) is 0 Å². The first-order valence-corrected chi connectivity index (χ1v) is 11.5. The fourth-order valence-electron chi connectivity index (χ4n) is 3.16. The number of aryl methyl sites for hydroxylation is 1. The molecule has 0 spiro atoms. The molecule has 3 rings (SSSR count). The number of hydrogen-bond acceptors (Lipinski definition) is 4. The van der Waals surface area contributed by atoms with Crippen LogP contribution in [0.1, 0.15) is 25.3 Å². The number of benzene rings is 2. The van der Waals surface area contributed by atoms with Gasteiger partial charge in [-0.25, -0.2) is 13.1 Å². The minimum Gasteiger partial charge on any atom is -0.326 e. The van der Waals surface area contributed by atoms with E-state index in [0.717, 1.165) is 5.56 Å². The molecule has 0 unspecified atom stereocenters. The Balaban J connectivity index is 1.65. The maximum absolute atomic E-state index is 12.6. The number of nitrogens with zero attached hydrogens (tertiary/aromatic N) is 1. The average Bonchev–Trinajstić information content (AvgIpc) is 3.11. The van der Waals surface area contributed by atoms with Crippen molar-refractivity contribution in [2.45, 2.75) is 31.6 Å². The molecule has 1 saturated heterocycles. The molecule has 1 atom stereocenters. The lowest BCUT2D eigenvalue weighted by Crippen LogP contribution is -2.28. The van der Waals surface area contributed by atoms with Crippen LogP contribution in [0.25, 0.3) is 0 Å². The SMILES string of the molecule is CCCNS(=O)(=O)c1ccc(NC(=O)[C@@H]2CC(=O)N(c3ccc(C)c(Cl)c3)C2)cc1. The lowest BCUT2D eigenvalue weighted by Gasteiger charge is -2.17. The minimum absolute atomic E-state index is 0.102. The zero-order valence-electron chi connectivity index (χ0n) is 16.8. The summed E-state index contributed by atoms with van der Waals surface area (Å²) in [5.74, 6) is -0.936. The number of anilines is 2. The Labute approximate surface area is 181 Å². The van der Waals surface area contributed by atoms with E-state index >= 15 is 0 Å². The second-order valence-corrected chi connectivity index (χ2v) is 9.42. The molecule has 0 aliphatic carbocycles. The molecule has 9 heteroatoms. The van der Waals surface area contributed by atoms with Crippen molar-refractivity contribution in [1.82, 2.24) is 4.72 Å². The highest BCUT2D eigenvalue weighted by atomic mass is 35.5. The van der Waals surface area contributed by atoms with E-state index in [4.69, 9.17) is 11.6 Å². The molecule has 7 nitrogen and oxygen atoms in total. The van der Waals surface area contributed by atoms with Crippen molar-refractivity contribution in [2.75, 3.05) is 23.3 Å². The first kappa shape index (κ1) is 22.3. The molecule has 1 heterocycles. The van der Waals surface area contributed by atoms with Crippen LogP contribution in [0.2, 0.25) is 5.02 Å². The summed E-state index contributed by atoms with van der Waals surface area (Å²) >= 11 is 6.15. The summed E-state index contributed by atoms with van der Waals surface area (Å²) in [6.45, 7) is 4.38. The predicted octanol–water partition coefficient (Wildman–Crippen LogP) is 3.33. The highest BCUT2D eigenvalue weighted by Crippen LogP contribution is 2.29. The van der Waals surface area contributed by atoms with Gasteiger partial charge in [-0.2, -0.15) is 0 Å². The van der Waals surface area contributed by atoms with Crippen molar-refractivity contribution in [3.05, 3.63) is 53.1 Å². The molecular weight excluding hydrogens is 426 g/mol. The summed E-state index contributed by atoms with van der Waals surface area (Å²) < 4.78 is 26.8. The second-order valence-electron chi connectivity index (χ2n) is 7.25. The molecule has 2 aromatic rings. The smallest absolute Gasteiger partial charge is 0.240 e. The third kappa shape index (κ3) is 5.00. The van der Waals surface area contributed by atoms with E-state index in [9.17, 15) is 18.0 Å². The van der Waals surface area contributed by atoms with Gasteiger partial charge in [-0.05, 0) is 55.3 Å². The topological polar surface area (TPSA) is 95.6 Å². The third-order valence-electron chi connectivity index (χ3n) is 4.94. The van der Waals surface area contributed by atoms with E-state index in [2.05, 4.69) is 10.0 Å². The summed E-state index contributed by atoms with van der Waals surface area (Å²) in [6, 6.07) is 11.3. The number of sulfonamides is 1. The maximum Gasteiger partial charge on any atom is 0.240 e. The van der Waals surface area contributed by atoms with Crippen LogP contribution in [0.15, 0.2) is 47.4 Å². The number of amides is 2. The summed E-state index contributed by atoms with van der Waals surface area (Å²) in [7, 11) is -3.56. The molecule has 1 fully saturated rings. The quantitative estimate of drug-likeness (QED) is 0.677. The molecule has 1 aliphatic heterocycles. The fraction of sp³-hybridized carbons (Fsp3) is 0.333. The molecule has 0 aromatic heterocycles. The zero-order valence-corrected chi connectivity index (χ0v) is 18.4. The lowest BCUT2D eigenvalue weighted by molar-refractivity contribution is -0.122. The Morgan fingerprint density at radius 1 is 1.20 bits per heavy atom. The van der Waals surface area contributed by atoms with Gasteiger partial charge in [0.1, 0.15) is 0 Å². The van der Waals surface area contributed by atoms with Crippen molar-refractivity contribution in [3.63, 3.8) is 0 Å². The van der Waals surface area contributed by atoms with Crippen molar-refractivity contribution in [2.24, 2.45) is 5.92 Å². The Kier molecular flexibility index (Phi) is 6.80. The Bertz CT molecular complexity index is 1050. The number of halogens is 1. The zero-order chi connectivity index (χ0) is 21.9. The van der Waals surface area contributed by atoms with Gasteiger partial charge in [0.15, 0.2) is 0 Å².